The summed E-state index contributed by atoms with van der Waals surface area (Å²) in [6, 6.07) is 6.00. The quantitative estimate of drug-likeness (QED) is 0.915. The molecule has 0 atom stereocenters. The highest BCUT2D eigenvalue weighted by Gasteiger charge is 2.09. The van der Waals surface area contributed by atoms with Crippen LogP contribution in [0.1, 0.15) is 16.9 Å². The zero-order valence-electron chi connectivity index (χ0n) is 10.7. The molecule has 0 radical (unpaired) electrons. The molecule has 3 nitrogen and oxygen atoms in total. The largest absolute Gasteiger partial charge is 0.496 e. The molecule has 0 bridgehead atoms. The molecular weight excluding hydrogens is 294 g/mol. The zero-order valence-corrected chi connectivity index (χ0v) is 12.3. The highest BCUT2D eigenvalue weighted by molar-refractivity contribution is 9.10. The molecule has 0 unspecified atom stereocenters. The first kappa shape index (κ1) is 13.0. The molecule has 1 aromatic carbocycles. The topological polar surface area (TPSA) is 34.4 Å². The standard InChI is InChI=1S/C14H16BrNO2/c1-9-4-5-12(10(2)14(9)17-3)16-8-13-11(15)6-7-18-13/h4-7,16H,8H2,1-3H3. The van der Waals surface area contributed by atoms with Gasteiger partial charge >= 0.3 is 0 Å². The normalized spacial score (nSPS) is 10.4. The fraction of sp³-hybridized carbons (Fsp3) is 0.286. The van der Waals surface area contributed by atoms with E-state index in [0.29, 0.717) is 6.54 Å². The first-order chi connectivity index (χ1) is 8.63. The Bertz CT molecular complexity index is 549. The lowest BCUT2D eigenvalue weighted by Gasteiger charge is -2.14. The molecule has 1 heterocycles. The van der Waals surface area contributed by atoms with Crippen LogP contribution >= 0.6 is 15.9 Å². The molecule has 0 fully saturated rings. The van der Waals surface area contributed by atoms with Crippen molar-refractivity contribution in [2.24, 2.45) is 0 Å². The van der Waals surface area contributed by atoms with Gasteiger partial charge in [0.25, 0.3) is 0 Å². The molecule has 4 heteroatoms. The van der Waals surface area contributed by atoms with Gasteiger partial charge < -0.3 is 14.5 Å². The number of ether oxygens (including phenoxy) is 1. The van der Waals surface area contributed by atoms with Crippen molar-refractivity contribution in [2.45, 2.75) is 20.4 Å². The molecule has 2 aromatic rings. The molecule has 0 spiro atoms. The van der Waals surface area contributed by atoms with E-state index in [9.17, 15) is 0 Å². The molecule has 0 amide bonds. The summed E-state index contributed by atoms with van der Waals surface area (Å²) in [4.78, 5) is 0. The van der Waals surface area contributed by atoms with Crippen molar-refractivity contribution >= 4 is 21.6 Å². The molecule has 18 heavy (non-hydrogen) atoms. The number of methoxy groups -OCH3 is 1. The van der Waals surface area contributed by atoms with Crippen molar-refractivity contribution in [2.75, 3.05) is 12.4 Å². The lowest BCUT2D eigenvalue weighted by atomic mass is 10.1. The van der Waals surface area contributed by atoms with Crippen LogP contribution in [-0.2, 0) is 6.54 Å². The van der Waals surface area contributed by atoms with E-state index in [-0.39, 0.29) is 0 Å². The van der Waals surface area contributed by atoms with Gasteiger partial charge in [-0.2, -0.15) is 0 Å². The SMILES string of the molecule is COc1c(C)ccc(NCc2occc2Br)c1C. The first-order valence-electron chi connectivity index (χ1n) is 5.73. The van der Waals surface area contributed by atoms with Crippen molar-refractivity contribution in [3.63, 3.8) is 0 Å². The molecule has 0 aliphatic rings. The second-order valence-electron chi connectivity index (χ2n) is 4.13. The third kappa shape index (κ3) is 2.53. The highest BCUT2D eigenvalue weighted by atomic mass is 79.9. The predicted octanol–water partition coefficient (Wildman–Crippen LogP) is 4.28. The third-order valence-corrected chi connectivity index (χ3v) is 3.64. The Morgan fingerprint density at radius 1 is 1.28 bits per heavy atom. The molecule has 2 rings (SSSR count). The number of furan rings is 1. The van der Waals surface area contributed by atoms with E-state index < -0.39 is 0 Å². The van der Waals surface area contributed by atoms with Crippen LogP contribution in [0.5, 0.6) is 5.75 Å². The predicted molar refractivity (Wildman–Crippen MR) is 76.2 cm³/mol. The Kier molecular flexibility index (Phi) is 3.97. The van der Waals surface area contributed by atoms with Gasteiger partial charge in [-0.1, -0.05) is 6.07 Å². The van der Waals surface area contributed by atoms with Gasteiger partial charge in [-0.25, -0.2) is 0 Å². The van der Waals surface area contributed by atoms with Gasteiger partial charge in [-0.15, -0.1) is 0 Å². The third-order valence-electron chi connectivity index (χ3n) is 2.94. The Morgan fingerprint density at radius 3 is 2.67 bits per heavy atom. The highest BCUT2D eigenvalue weighted by Crippen LogP contribution is 2.29. The minimum atomic E-state index is 0.640. The number of hydrogen-bond donors (Lipinski definition) is 1. The average Bonchev–Trinajstić information content (AvgIpc) is 2.75. The number of aryl methyl sites for hydroxylation is 1. The lowest BCUT2D eigenvalue weighted by molar-refractivity contribution is 0.409. The molecule has 1 N–H and O–H groups in total. The number of hydrogen-bond acceptors (Lipinski definition) is 3. The number of nitrogens with one attached hydrogen (secondary N) is 1. The van der Waals surface area contributed by atoms with Crippen LogP contribution in [0.3, 0.4) is 0 Å². The van der Waals surface area contributed by atoms with Crippen LogP contribution in [-0.4, -0.2) is 7.11 Å². The minimum absolute atomic E-state index is 0.640. The van der Waals surface area contributed by atoms with Gasteiger partial charge in [0.05, 0.1) is 24.4 Å². The van der Waals surface area contributed by atoms with Crippen molar-refractivity contribution in [1.29, 1.82) is 0 Å². The van der Waals surface area contributed by atoms with Crippen molar-refractivity contribution in [3.05, 3.63) is 45.8 Å². The van der Waals surface area contributed by atoms with Crippen molar-refractivity contribution in [1.82, 2.24) is 0 Å². The van der Waals surface area contributed by atoms with Crippen LogP contribution < -0.4 is 10.1 Å². The molecule has 0 aliphatic carbocycles. The fourth-order valence-corrected chi connectivity index (χ4v) is 2.30. The average molecular weight is 310 g/mol. The van der Waals surface area contributed by atoms with E-state index in [4.69, 9.17) is 9.15 Å². The van der Waals surface area contributed by atoms with Crippen LogP contribution in [0.2, 0.25) is 0 Å². The smallest absolute Gasteiger partial charge is 0.136 e. The maximum absolute atomic E-state index is 5.40. The summed E-state index contributed by atoms with van der Waals surface area (Å²) >= 11 is 3.44. The Labute approximate surface area is 115 Å². The summed E-state index contributed by atoms with van der Waals surface area (Å²) in [5, 5.41) is 3.35. The van der Waals surface area contributed by atoms with Crippen molar-refractivity contribution in [3.8, 4) is 5.75 Å². The van der Waals surface area contributed by atoms with Crippen LogP contribution in [0.25, 0.3) is 0 Å². The molecule has 0 saturated carbocycles. The molecule has 96 valence electrons. The fourth-order valence-electron chi connectivity index (χ4n) is 1.96. The van der Waals surface area contributed by atoms with Crippen LogP contribution in [0, 0.1) is 13.8 Å². The zero-order chi connectivity index (χ0) is 13.1. The Morgan fingerprint density at radius 2 is 2.06 bits per heavy atom. The second-order valence-corrected chi connectivity index (χ2v) is 4.99. The number of halogens is 1. The first-order valence-corrected chi connectivity index (χ1v) is 6.52. The van der Waals surface area contributed by atoms with Gasteiger partial charge in [0.2, 0.25) is 0 Å². The van der Waals surface area contributed by atoms with E-state index in [1.807, 2.05) is 26.0 Å². The van der Waals surface area contributed by atoms with Gasteiger partial charge in [0.15, 0.2) is 0 Å². The lowest BCUT2D eigenvalue weighted by Crippen LogP contribution is -2.02. The summed E-state index contributed by atoms with van der Waals surface area (Å²) in [6.07, 6.45) is 1.67. The van der Waals surface area contributed by atoms with Gasteiger partial charge in [0.1, 0.15) is 11.5 Å². The summed E-state index contributed by atoms with van der Waals surface area (Å²) in [5.74, 6) is 1.81. The molecular formula is C14H16BrNO2. The summed E-state index contributed by atoms with van der Waals surface area (Å²) in [7, 11) is 1.70. The summed E-state index contributed by atoms with van der Waals surface area (Å²) in [5.41, 5.74) is 3.31. The van der Waals surface area contributed by atoms with Gasteiger partial charge in [0, 0.05) is 11.3 Å². The molecule has 0 saturated heterocycles. The Hall–Kier alpha value is -1.42. The van der Waals surface area contributed by atoms with E-state index in [1.165, 1.54) is 0 Å². The van der Waals surface area contributed by atoms with E-state index >= 15 is 0 Å². The summed E-state index contributed by atoms with van der Waals surface area (Å²) in [6.45, 7) is 4.73. The van der Waals surface area contributed by atoms with E-state index in [0.717, 1.165) is 32.8 Å². The van der Waals surface area contributed by atoms with Crippen LogP contribution in [0.15, 0.2) is 33.4 Å². The van der Waals surface area contributed by atoms with Crippen LogP contribution in [0.4, 0.5) is 5.69 Å². The number of benzene rings is 1. The molecule has 1 aromatic heterocycles. The Balaban J connectivity index is 2.18. The van der Waals surface area contributed by atoms with Crippen molar-refractivity contribution < 1.29 is 9.15 Å². The summed E-state index contributed by atoms with van der Waals surface area (Å²) < 4.78 is 11.7. The maximum Gasteiger partial charge on any atom is 0.136 e. The maximum atomic E-state index is 5.40. The molecule has 0 aliphatic heterocycles. The van der Waals surface area contributed by atoms with Gasteiger partial charge in [-0.05, 0) is 47.5 Å². The number of rotatable bonds is 4. The van der Waals surface area contributed by atoms with E-state index in [1.54, 1.807) is 13.4 Å². The monoisotopic (exact) mass is 309 g/mol. The minimum Gasteiger partial charge on any atom is -0.496 e. The van der Waals surface area contributed by atoms with E-state index in [2.05, 4.69) is 27.3 Å². The van der Waals surface area contributed by atoms with Gasteiger partial charge in [-0.3, -0.25) is 0 Å². The number of anilines is 1. The second kappa shape index (κ2) is 5.48.